The quantitative estimate of drug-likeness (QED) is 0.399. The minimum absolute atomic E-state index is 0.180. The van der Waals surface area contributed by atoms with Gasteiger partial charge in [-0.15, -0.1) is 0 Å². The zero-order valence-corrected chi connectivity index (χ0v) is 17.2. The Morgan fingerprint density at radius 1 is 0.750 bits per heavy atom. The molecule has 0 atom stereocenters. The van der Waals surface area contributed by atoms with Crippen LogP contribution in [0, 0.1) is 11.8 Å². The van der Waals surface area contributed by atoms with Gasteiger partial charge in [0, 0.05) is 25.3 Å². The summed E-state index contributed by atoms with van der Waals surface area (Å²) in [6.07, 6.45) is 10.3. The van der Waals surface area contributed by atoms with Crippen molar-refractivity contribution < 1.29 is 9.59 Å². The maximum atomic E-state index is 11.6. The van der Waals surface area contributed by atoms with Crippen molar-refractivity contribution in [3.8, 4) is 0 Å². The molecule has 0 aromatic carbocycles. The Morgan fingerprint density at radius 3 is 1.75 bits per heavy atom. The van der Waals surface area contributed by atoms with E-state index in [0.717, 1.165) is 45.1 Å². The van der Waals surface area contributed by atoms with E-state index in [-0.39, 0.29) is 11.8 Å². The molecule has 0 heterocycles. The van der Waals surface area contributed by atoms with E-state index in [1.165, 1.54) is 19.3 Å². The predicted octanol–water partition coefficient (Wildman–Crippen LogP) is 5.91. The Balaban J connectivity index is 0. The Labute approximate surface area is 151 Å². The number of rotatable bonds is 14. The lowest BCUT2D eigenvalue weighted by Gasteiger charge is -2.07. The summed E-state index contributed by atoms with van der Waals surface area (Å²) in [6, 6.07) is 0. The standard InChI is InChI=1S/C19H37NO2.C2H6/c1-16(2)12-11-15-20-19(22)14-10-8-6-5-7-9-13-18(21)17(3)4;1-2/h16-17H,5-15H2,1-4H3,(H,20,22);1-2H3. The zero-order valence-electron chi connectivity index (χ0n) is 17.2. The van der Waals surface area contributed by atoms with Crippen molar-refractivity contribution in [2.75, 3.05) is 6.54 Å². The molecule has 0 saturated heterocycles. The van der Waals surface area contributed by atoms with Gasteiger partial charge < -0.3 is 5.32 Å². The second kappa shape index (κ2) is 18.5. The highest BCUT2D eigenvalue weighted by Gasteiger charge is 2.06. The molecule has 0 aliphatic heterocycles. The number of ketones is 1. The third-order valence-corrected chi connectivity index (χ3v) is 4.00. The fraction of sp³-hybridized carbons (Fsp3) is 0.905. The lowest BCUT2D eigenvalue weighted by molar-refractivity contribution is -0.122. The van der Waals surface area contributed by atoms with Crippen molar-refractivity contribution in [1.82, 2.24) is 5.32 Å². The summed E-state index contributed by atoms with van der Waals surface area (Å²) in [4.78, 5) is 23.1. The number of nitrogens with one attached hydrogen (secondary N) is 1. The molecule has 1 N–H and O–H groups in total. The molecule has 0 rings (SSSR count). The minimum atomic E-state index is 0.180. The molecule has 0 aromatic heterocycles. The Morgan fingerprint density at radius 2 is 1.25 bits per heavy atom. The number of Topliss-reactive ketones (excluding diaryl/α,β-unsaturated/α-hetero) is 1. The molecule has 0 fully saturated rings. The summed E-state index contributed by atoms with van der Waals surface area (Å²) in [5, 5.41) is 3.00. The van der Waals surface area contributed by atoms with Crippen molar-refractivity contribution in [1.29, 1.82) is 0 Å². The highest BCUT2D eigenvalue weighted by Crippen LogP contribution is 2.10. The van der Waals surface area contributed by atoms with Gasteiger partial charge in [-0.25, -0.2) is 0 Å². The van der Waals surface area contributed by atoms with Crippen LogP contribution in [0.3, 0.4) is 0 Å². The molecule has 0 saturated carbocycles. The minimum Gasteiger partial charge on any atom is -0.356 e. The van der Waals surface area contributed by atoms with Crippen LogP contribution in [0.25, 0.3) is 0 Å². The van der Waals surface area contributed by atoms with Crippen molar-refractivity contribution in [2.45, 2.75) is 106 Å². The molecule has 0 spiro atoms. The van der Waals surface area contributed by atoms with E-state index in [9.17, 15) is 9.59 Å². The maximum absolute atomic E-state index is 11.6. The summed E-state index contributed by atoms with van der Waals surface area (Å²) in [5.41, 5.74) is 0. The van der Waals surface area contributed by atoms with Crippen LogP contribution in [0.15, 0.2) is 0 Å². The average Bonchev–Trinajstić information content (AvgIpc) is 2.55. The largest absolute Gasteiger partial charge is 0.356 e. The van der Waals surface area contributed by atoms with Crippen LogP contribution in [-0.4, -0.2) is 18.2 Å². The molecule has 3 nitrogen and oxygen atoms in total. The van der Waals surface area contributed by atoms with Gasteiger partial charge in [-0.3, -0.25) is 9.59 Å². The molecular weight excluding hydrogens is 298 g/mol. The van der Waals surface area contributed by atoms with Gasteiger partial charge in [0.05, 0.1) is 0 Å². The SMILES string of the molecule is CC.CC(C)CCCNC(=O)CCCCCCCCC(=O)C(C)C. The first-order chi connectivity index (χ1) is 11.4. The lowest BCUT2D eigenvalue weighted by atomic mass is 10.0. The molecule has 0 unspecified atom stereocenters. The second-order valence-corrected chi connectivity index (χ2v) is 7.13. The van der Waals surface area contributed by atoms with E-state index < -0.39 is 0 Å². The first kappa shape index (κ1) is 25.4. The lowest BCUT2D eigenvalue weighted by Crippen LogP contribution is -2.24. The van der Waals surface area contributed by atoms with E-state index in [2.05, 4.69) is 19.2 Å². The fourth-order valence-electron chi connectivity index (χ4n) is 2.41. The van der Waals surface area contributed by atoms with Crippen LogP contribution in [0.4, 0.5) is 0 Å². The van der Waals surface area contributed by atoms with Gasteiger partial charge in [0.2, 0.25) is 5.91 Å². The van der Waals surface area contributed by atoms with Crippen molar-refractivity contribution in [3.05, 3.63) is 0 Å². The summed E-state index contributed by atoms with van der Waals surface area (Å²) >= 11 is 0. The van der Waals surface area contributed by atoms with Crippen molar-refractivity contribution in [3.63, 3.8) is 0 Å². The van der Waals surface area contributed by atoms with Gasteiger partial charge in [-0.2, -0.15) is 0 Å². The Bertz CT molecular complexity index is 298. The molecule has 1 amide bonds. The van der Waals surface area contributed by atoms with Crippen LogP contribution in [0.5, 0.6) is 0 Å². The first-order valence-corrected chi connectivity index (χ1v) is 10.2. The molecule has 0 aliphatic rings. The number of hydrogen-bond donors (Lipinski definition) is 1. The number of carbonyl (C=O) groups excluding carboxylic acids is 2. The van der Waals surface area contributed by atoms with Gasteiger partial charge in [-0.05, 0) is 31.6 Å². The molecule has 0 aromatic rings. The van der Waals surface area contributed by atoms with Gasteiger partial charge >= 0.3 is 0 Å². The molecule has 3 heteroatoms. The molecule has 0 aliphatic carbocycles. The summed E-state index contributed by atoms with van der Waals surface area (Å²) in [5.74, 6) is 1.48. The van der Waals surface area contributed by atoms with Crippen molar-refractivity contribution >= 4 is 11.7 Å². The maximum Gasteiger partial charge on any atom is 0.219 e. The van der Waals surface area contributed by atoms with E-state index in [1.54, 1.807) is 0 Å². The van der Waals surface area contributed by atoms with Crippen LogP contribution < -0.4 is 5.32 Å². The summed E-state index contributed by atoms with van der Waals surface area (Å²) in [6.45, 7) is 13.2. The van der Waals surface area contributed by atoms with Crippen LogP contribution >= 0.6 is 0 Å². The van der Waals surface area contributed by atoms with E-state index in [4.69, 9.17) is 0 Å². The molecular formula is C21H43NO2. The zero-order chi connectivity index (χ0) is 18.8. The fourth-order valence-corrected chi connectivity index (χ4v) is 2.41. The highest BCUT2D eigenvalue weighted by atomic mass is 16.1. The predicted molar refractivity (Wildman–Crippen MR) is 105 cm³/mol. The summed E-state index contributed by atoms with van der Waals surface area (Å²) in [7, 11) is 0. The summed E-state index contributed by atoms with van der Waals surface area (Å²) < 4.78 is 0. The normalized spacial score (nSPS) is 10.5. The average molecular weight is 342 g/mol. The van der Waals surface area contributed by atoms with Gasteiger partial charge in [-0.1, -0.05) is 67.2 Å². The van der Waals surface area contributed by atoms with Crippen LogP contribution in [0.2, 0.25) is 0 Å². The molecule has 144 valence electrons. The number of unbranched alkanes of at least 4 members (excludes halogenated alkanes) is 5. The third-order valence-electron chi connectivity index (χ3n) is 4.00. The second-order valence-electron chi connectivity index (χ2n) is 7.13. The van der Waals surface area contributed by atoms with E-state index in [0.29, 0.717) is 18.1 Å². The van der Waals surface area contributed by atoms with Gasteiger partial charge in [0.25, 0.3) is 0 Å². The topological polar surface area (TPSA) is 46.2 Å². The molecule has 0 radical (unpaired) electrons. The Hall–Kier alpha value is -0.860. The highest BCUT2D eigenvalue weighted by molar-refractivity contribution is 5.80. The van der Waals surface area contributed by atoms with E-state index >= 15 is 0 Å². The van der Waals surface area contributed by atoms with Gasteiger partial charge in [0.15, 0.2) is 0 Å². The Kier molecular flexibility index (Phi) is 19.5. The first-order valence-electron chi connectivity index (χ1n) is 10.2. The monoisotopic (exact) mass is 341 g/mol. The number of hydrogen-bond acceptors (Lipinski definition) is 2. The number of amides is 1. The van der Waals surface area contributed by atoms with Crippen molar-refractivity contribution in [2.24, 2.45) is 11.8 Å². The third kappa shape index (κ3) is 19.2. The molecule has 0 bridgehead atoms. The van der Waals surface area contributed by atoms with Gasteiger partial charge in [0.1, 0.15) is 5.78 Å². The number of carbonyl (C=O) groups is 2. The smallest absolute Gasteiger partial charge is 0.219 e. The molecule has 24 heavy (non-hydrogen) atoms. The van der Waals surface area contributed by atoms with Crippen LogP contribution in [0.1, 0.15) is 106 Å². The van der Waals surface area contributed by atoms with E-state index in [1.807, 2.05) is 27.7 Å². The van der Waals surface area contributed by atoms with Crippen LogP contribution in [-0.2, 0) is 9.59 Å².